The summed E-state index contributed by atoms with van der Waals surface area (Å²) in [7, 11) is 2.21. The van der Waals surface area contributed by atoms with Crippen molar-refractivity contribution < 1.29 is 0 Å². The highest BCUT2D eigenvalue weighted by Crippen LogP contribution is 2.17. The maximum Gasteiger partial charge on any atom is 0.191 e. The molecule has 2 aromatic rings. The summed E-state index contributed by atoms with van der Waals surface area (Å²) < 4.78 is 2.01. The fourth-order valence-electron chi connectivity index (χ4n) is 3.89. The number of hydrogen-bond acceptors (Lipinski definition) is 4. The van der Waals surface area contributed by atoms with E-state index in [1.165, 1.54) is 19.5 Å². The van der Waals surface area contributed by atoms with Crippen LogP contribution in [0.15, 0.2) is 35.3 Å². The highest BCUT2D eigenvalue weighted by atomic mass is 15.3. The molecule has 1 aromatic carbocycles. The van der Waals surface area contributed by atoms with E-state index in [9.17, 15) is 0 Å². The van der Waals surface area contributed by atoms with Crippen molar-refractivity contribution in [1.29, 1.82) is 0 Å². The Labute approximate surface area is 181 Å². The molecule has 2 heterocycles. The van der Waals surface area contributed by atoms with Crippen LogP contribution in [0.1, 0.15) is 30.3 Å². The molecule has 30 heavy (non-hydrogen) atoms. The third-order valence-electron chi connectivity index (χ3n) is 5.51. The van der Waals surface area contributed by atoms with Crippen LogP contribution in [0.5, 0.6) is 0 Å². The number of benzene rings is 1. The van der Waals surface area contributed by atoms with Gasteiger partial charge in [0, 0.05) is 38.4 Å². The molecule has 0 radical (unpaired) electrons. The molecule has 1 aliphatic rings. The van der Waals surface area contributed by atoms with Gasteiger partial charge >= 0.3 is 0 Å². The second-order valence-electron chi connectivity index (χ2n) is 8.09. The molecular weight excluding hydrogens is 374 g/mol. The number of aromatic nitrogens is 2. The van der Waals surface area contributed by atoms with Gasteiger partial charge in [-0.3, -0.25) is 0 Å². The fraction of sp³-hybridized carbons (Fsp3) is 0.565. The van der Waals surface area contributed by atoms with Crippen LogP contribution in [0.4, 0.5) is 0 Å². The zero-order chi connectivity index (χ0) is 21.3. The molecular formula is C23H37N7. The van der Waals surface area contributed by atoms with Gasteiger partial charge in [0.25, 0.3) is 0 Å². The predicted molar refractivity (Wildman–Crippen MR) is 124 cm³/mol. The lowest BCUT2D eigenvalue weighted by molar-refractivity contribution is 0.280. The first-order chi connectivity index (χ1) is 14.6. The van der Waals surface area contributed by atoms with Gasteiger partial charge in [-0.15, -0.1) is 0 Å². The first kappa shape index (κ1) is 22.3. The fourth-order valence-corrected chi connectivity index (χ4v) is 3.89. The highest BCUT2D eigenvalue weighted by Gasteiger charge is 2.12. The van der Waals surface area contributed by atoms with Gasteiger partial charge < -0.3 is 20.4 Å². The Bertz CT molecular complexity index is 827. The molecule has 1 saturated heterocycles. The Hall–Kier alpha value is -2.38. The molecule has 0 bridgehead atoms. The molecule has 0 saturated carbocycles. The van der Waals surface area contributed by atoms with Gasteiger partial charge in [-0.05, 0) is 65.0 Å². The first-order valence-corrected chi connectivity index (χ1v) is 11.1. The first-order valence-electron chi connectivity index (χ1n) is 11.1. The molecule has 0 atom stereocenters. The maximum atomic E-state index is 4.85. The number of rotatable bonds is 7. The van der Waals surface area contributed by atoms with E-state index in [1.54, 1.807) is 0 Å². The Morgan fingerprint density at radius 3 is 2.70 bits per heavy atom. The second kappa shape index (κ2) is 11.1. The number of aliphatic imine (C=N–C) groups is 1. The minimum absolute atomic E-state index is 0.609. The van der Waals surface area contributed by atoms with E-state index < -0.39 is 0 Å². The second-order valence-corrected chi connectivity index (χ2v) is 8.09. The highest BCUT2D eigenvalue weighted by molar-refractivity contribution is 5.79. The van der Waals surface area contributed by atoms with E-state index in [4.69, 9.17) is 4.99 Å². The number of nitrogens with zero attached hydrogens (tertiary/aromatic N) is 5. The Kier molecular flexibility index (Phi) is 8.28. The van der Waals surface area contributed by atoms with Crippen LogP contribution in [0, 0.1) is 13.8 Å². The van der Waals surface area contributed by atoms with Gasteiger partial charge in [0.1, 0.15) is 0 Å². The lowest BCUT2D eigenvalue weighted by Gasteiger charge is -2.21. The molecule has 7 heteroatoms. The van der Waals surface area contributed by atoms with Crippen LogP contribution in [0.2, 0.25) is 0 Å². The molecule has 1 aromatic heterocycles. The summed E-state index contributed by atoms with van der Waals surface area (Å²) in [5, 5.41) is 11.5. The molecule has 1 aliphatic heterocycles. The van der Waals surface area contributed by atoms with Gasteiger partial charge in [0.2, 0.25) is 0 Å². The molecule has 1 fully saturated rings. The summed E-state index contributed by atoms with van der Waals surface area (Å²) in [5.74, 6) is 0.868. The maximum absolute atomic E-state index is 4.85. The third kappa shape index (κ3) is 6.31. The van der Waals surface area contributed by atoms with Crippen LogP contribution in [-0.4, -0.2) is 78.4 Å². The SMILES string of the molecule is CCNC(=NCc1ccccc1-n1nc(C)cc1C)NCCN1CCCN(C)CC1. The lowest BCUT2D eigenvalue weighted by atomic mass is 10.2. The van der Waals surface area contributed by atoms with Gasteiger partial charge in [0.15, 0.2) is 5.96 Å². The largest absolute Gasteiger partial charge is 0.357 e. The predicted octanol–water partition coefficient (Wildman–Crippen LogP) is 2.18. The van der Waals surface area contributed by atoms with Crippen molar-refractivity contribution in [3.63, 3.8) is 0 Å². The number of nitrogens with one attached hydrogen (secondary N) is 2. The number of para-hydroxylation sites is 1. The molecule has 7 nitrogen and oxygen atoms in total. The molecule has 164 valence electrons. The van der Waals surface area contributed by atoms with Gasteiger partial charge in [0.05, 0.1) is 17.9 Å². The van der Waals surface area contributed by atoms with Crippen LogP contribution in [0.3, 0.4) is 0 Å². The van der Waals surface area contributed by atoms with E-state index in [2.05, 4.69) is 76.8 Å². The molecule has 2 N–H and O–H groups in total. The molecule has 0 unspecified atom stereocenters. The summed E-state index contributed by atoms with van der Waals surface area (Å²) in [6, 6.07) is 10.5. The lowest BCUT2D eigenvalue weighted by Crippen LogP contribution is -2.42. The van der Waals surface area contributed by atoms with Crippen LogP contribution >= 0.6 is 0 Å². The van der Waals surface area contributed by atoms with Crippen LogP contribution < -0.4 is 10.6 Å². The molecule has 0 aliphatic carbocycles. The van der Waals surface area contributed by atoms with Crippen molar-refractivity contribution in [2.75, 3.05) is 52.9 Å². The summed E-state index contributed by atoms with van der Waals surface area (Å²) >= 11 is 0. The zero-order valence-corrected chi connectivity index (χ0v) is 19.0. The number of hydrogen-bond donors (Lipinski definition) is 2. The van der Waals surface area contributed by atoms with Crippen molar-refractivity contribution in [3.8, 4) is 5.69 Å². The average Bonchev–Trinajstić information content (AvgIpc) is 2.93. The molecule has 0 spiro atoms. The zero-order valence-electron chi connectivity index (χ0n) is 19.0. The van der Waals surface area contributed by atoms with Crippen molar-refractivity contribution in [2.24, 2.45) is 4.99 Å². The summed E-state index contributed by atoms with van der Waals surface area (Å²) in [6.45, 7) is 14.3. The third-order valence-corrected chi connectivity index (χ3v) is 5.51. The Morgan fingerprint density at radius 1 is 1.10 bits per heavy atom. The van der Waals surface area contributed by atoms with E-state index in [1.807, 2.05) is 11.6 Å². The topological polar surface area (TPSA) is 60.7 Å². The smallest absolute Gasteiger partial charge is 0.191 e. The Morgan fingerprint density at radius 2 is 1.93 bits per heavy atom. The van der Waals surface area contributed by atoms with E-state index in [0.717, 1.165) is 61.3 Å². The number of likely N-dealkylation sites (N-methyl/N-ethyl adjacent to an activating group) is 1. The minimum atomic E-state index is 0.609. The normalized spacial score (nSPS) is 16.5. The number of guanidine groups is 1. The number of aryl methyl sites for hydroxylation is 2. The summed E-state index contributed by atoms with van der Waals surface area (Å²) in [5.41, 5.74) is 4.42. The van der Waals surface area contributed by atoms with Crippen molar-refractivity contribution in [3.05, 3.63) is 47.3 Å². The van der Waals surface area contributed by atoms with Crippen molar-refractivity contribution in [1.82, 2.24) is 30.2 Å². The van der Waals surface area contributed by atoms with Crippen LogP contribution in [-0.2, 0) is 6.54 Å². The minimum Gasteiger partial charge on any atom is -0.357 e. The monoisotopic (exact) mass is 411 g/mol. The average molecular weight is 412 g/mol. The Balaban J connectivity index is 1.62. The molecule has 0 amide bonds. The van der Waals surface area contributed by atoms with Gasteiger partial charge in [-0.2, -0.15) is 5.10 Å². The van der Waals surface area contributed by atoms with E-state index in [-0.39, 0.29) is 0 Å². The van der Waals surface area contributed by atoms with Crippen molar-refractivity contribution in [2.45, 2.75) is 33.7 Å². The molecule has 3 rings (SSSR count). The summed E-state index contributed by atoms with van der Waals surface area (Å²) in [4.78, 5) is 9.80. The standard InChI is InChI=1S/C23H37N7/c1-5-24-23(25-11-14-29-13-8-12-28(4)15-16-29)26-18-21-9-6-7-10-22(21)30-20(3)17-19(2)27-30/h6-7,9-10,17H,5,8,11-16,18H2,1-4H3,(H2,24,25,26). The van der Waals surface area contributed by atoms with Gasteiger partial charge in [-0.25, -0.2) is 9.67 Å². The van der Waals surface area contributed by atoms with E-state index >= 15 is 0 Å². The van der Waals surface area contributed by atoms with Crippen molar-refractivity contribution >= 4 is 5.96 Å². The summed E-state index contributed by atoms with van der Waals surface area (Å²) in [6.07, 6.45) is 1.24. The van der Waals surface area contributed by atoms with Crippen LogP contribution in [0.25, 0.3) is 5.69 Å². The van der Waals surface area contributed by atoms with E-state index in [0.29, 0.717) is 6.54 Å². The quantitative estimate of drug-likeness (QED) is 0.540. The van der Waals surface area contributed by atoms with Gasteiger partial charge in [-0.1, -0.05) is 18.2 Å².